The van der Waals surface area contributed by atoms with Crippen LogP contribution in [0.2, 0.25) is 0 Å². The fourth-order valence-corrected chi connectivity index (χ4v) is 2.28. The van der Waals surface area contributed by atoms with Crippen molar-refractivity contribution in [3.05, 3.63) is 0 Å². The molecule has 0 N–H and O–H groups in total. The van der Waals surface area contributed by atoms with Crippen molar-refractivity contribution in [3.8, 4) is 0 Å². The van der Waals surface area contributed by atoms with Crippen molar-refractivity contribution < 1.29 is 0 Å². The van der Waals surface area contributed by atoms with Crippen molar-refractivity contribution in [2.45, 2.75) is 38.3 Å². The quantitative estimate of drug-likeness (QED) is 0.501. The zero-order chi connectivity index (χ0) is 8.98. The standard InChI is InChI=1S/C10H20N2/c1-9(2,3)12-6-5-10(8-12)7-11(10)4/h5-8H2,1-4H3. The Hall–Kier alpha value is -0.0800. The van der Waals surface area contributed by atoms with Crippen LogP contribution in [0.5, 0.6) is 0 Å². The van der Waals surface area contributed by atoms with Crippen molar-refractivity contribution in [1.29, 1.82) is 0 Å². The molecule has 2 nitrogen and oxygen atoms in total. The third kappa shape index (κ3) is 1.17. The molecule has 0 aromatic heterocycles. The molecule has 2 aliphatic rings. The van der Waals surface area contributed by atoms with E-state index in [-0.39, 0.29) is 0 Å². The molecule has 12 heavy (non-hydrogen) atoms. The van der Waals surface area contributed by atoms with Crippen LogP contribution in [-0.4, -0.2) is 47.6 Å². The van der Waals surface area contributed by atoms with E-state index in [4.69, 9.17) is 0 Å². The van der Waals surface area contributed by atoms with Crippen LogP contribution in [0.15, 0.2) is 0 Å². The summed E-state index contributed by atoms with van der Waals surface area (Å²) in [5, 5.41) is 0. The third-order valence-electron chi connectivity index (χ3n) is 3.52. The number of hydrogen-bond acceptors (Lipinski definition) is 2. The maximum absolute atomic E-state index is 2.61. The molecule has 0 aromatic carbocycles. The second-order valence-corrected chi connectivity index (χ2v) is 5.42. The van der Waals surface area contributed by atoms with E-state index >= 15 is 0 Å². The van der Waals surface area contributed by atoms with Crippen LogP contribution in [0, 0.1) is 0 Å². The van der Waals surface area contributed by atoms with Gasteiger partial charge in [-0.3, -0.25) is 9.80 Å². The molecular weight excluding hydrogens is 148 g/mol. The average molecular weight is 168 g/mol. The molecule has 0 amide bonds. The Bertz CT molecular complexity index is 195. The second kappa shape index (κ2) is 2.24. The Labute approximate surface area is 75.5 Å². The normalized spacial score (nSPS) is 42.5. The Kier molecular flexibility index (Phi) is 1.59. The molecular formula is C10H20N2. The van der Waals surface area contributed by atoms with Crippen LogP contribution >= 0.6 is 0 Å². The lowest BCUT2D eigenvalue weighted by Crippen LogP contribution is -2.40. The van der Waals surface area contributed by atoms with Gasteiger partial charge in [0.05, 0.1) is 0 Å². The van der Waals surface area contributed by atoms with E-state index in [1.165, 1.54) is 26.1 Å². The zero-order valence-corrected chi connectivity index (χ0v) is 8.72. The van der Waals surface area contributed by atoms with Crippen molar-refractivity contribution in [2.24, 2.45) is 0 Å². The first kappa shape index (κ1) is 8.52. The number of likely N-dealkylation sites (tertiary alicyclic amines) is 1. The summed E-state index contributed by atoms with van der Waals surface area (Å²) < 4.78 is 0. The molecule has 2 saturated heterocycles. The number of hydrogen-bond donors (Lipinski definition) is 0. The van der Waals surface area contributed by atoms with Gasteiger partial charge in [-0.25, -0.2) is 0 Å². The predicted octanol–water partition coefficient (Wildman–Crippen LogP) is 1.17. The molecule has 0 saturated carbocycles. The molecule has 0 aromatic rings. The molecule has 70 valence electrons. The first-order valence-corrected chi connectivity index (χ1v) is 4.90. The van der Waals surface area contributed by atoms with Crippen molar-refractivity contribution in [2.75, 3.05) is 26.7 Å². The van der Waals surface area contributed by atoms with Gasteiger partial charge in [0.15, 0.2) is 0 Å². The van der Waals surface area contributed by atoms with Gasteiger partial charge in [-0.05, 0) is 34.2 Å². The minimum absolute atomic E-state index is 0.368. The van der Waals surface area contributed by atoms with Gasteiger partial charge in [0.2, 0.25) is 0 Å². The van der Waals surface area contributed by atoms with E-state index in [0.29, 0.717) is 11.1 Å². The highest BCUT2D eigenvalue weighted by atomic mass is 15.4. The Morgan fingerprint density at radius 1 is 1.17 bits per heavy atom. The number of nitrogens with zero attached hydrogens (tertiary/aromatic N) is 2. The minimum Gasteiger partial charge on any atom is -0.297 e. The SMILES string of the molecule is CN1CC12CCN(C(C)(C)C)C2. The summed E-state index contributed by atoms with van der Waals surface area (Å²) in [6.45, 7) is 10.8. The fourth-order valence-electron chi connectivity index (χ4n) is 2.28. The summed E-state index contributed by atoms with van der Waals surface area (Å²) in [7, 11) is 2.24. The molecule has 2 aliphatic heterocycles. The maximum atomic E-state index is 2.61. The van der Waals surface area contributed by atoms with E-state index < -0.39 is 0 Å². The molecule has 2 heteroatoms. The lowest BCUT2D eigenvalue weighted by atomic mass is 10.1. The van der Waals surface area contributed by atoms with E-state index in [0.717, 1.165) is 0 Å². The Balaban J connectivity index is 2.00. The van der Waals surface area contributed by atoms with E-state index in [2.05, 4.69) is 37.6 Å². The maximum Gasteiger partial charge on any atom is 0.0473 e. The molecule has 0 radical (unpaired) electrons. The minimum atomic E-state index is 0.368. The van der Waals surface area contributed by atoms with Crippen LogP contribution in [0.25, 0.3) is 0 Å². The lowest BCUT2D eigenvalue weighted by Gasteiger charge is -2.31. The Morgan fingerprint density at radius 2 is 1.75 bits per heavy atom. The molecule has 1 spiro atoms. The van der Waals surface area contributed by atoms with Gasteiger partial charge in [0, 0.05) is 30.7 Å². The molecule has 2 atom stereocenters. The van der Waals surface area contributed by atoms with Crippen molar-refractivity contribution >= 4 is 0 Å². The highest BCUT2D eigenvalue weighted by Crippen LogP contribution is 2.41. The summed E-state index contributed by atoms with van der Waals surface area (Å²) in [4.78, 5) is 5.09. The van der Waals surface area contributed by atoms with Gasteiger partial charge in [-0.15, -0.1) is 0 Å². The summed E-state index contributed by atoms with van der Waals surface area (Å²) >= 11 is 0. The predicted molar refractivity (Wildman–Crippen MR) is 51.3 cm³/mol. The van der Waals surface area contributed by atoms with Crippen LogP contribution in [0.3, 0.4) is 0 Å². The zero-order valence-electron chi connectivity index (χ0n) is 8.72. The van der Waals surface area contributed by atoms with Gasteiger partial charge < -0.3 is 0 Å². The summed E-state index contributed by atoms with van der Waals surface area (Å²) in [6.07, 6.45) is 1.38. The lowest BCUT2D eigenvalue weighted by molar-refractivity contribution is 0.168. The summed E-state index contributed by atoms with van der Waals surface area (Å²) in [5.41, 5.74) is 0.959. The molecule has 0 aliphatic carbocycles. The molecule has 2 heterocycles. The number of rotatable bonds is 0. The first-order valence-electron chi connectivity index (χ1n) is 4.90. The smallest absolute Gasteiger partial charge is 0.0473 e. The van der Waals surface area contributed by atoms with Crippen molar-refractivity contribution in [3.63, 3.8) is 0 Å². The average Bonchev–Trinajstić information content (AvgIpc) is 2.43. The third-order valence-corrected chi connectivity index (χ3v) is 3.52. The summed E-state index contributed by atoms with van der Waals surface area (Å²) in [6, 6.07) is 0. The van der Waals surface area contributed by atoms with Gasteiger partial charge in [0.25, 0.3) is 0 Å². The summed E-state index contributed by atoms with van der Waals surface area (Å²) in [5.74, 6) is 0. The van der Waals surface area contributed by atoms with Gasteiger partial charge >= 0.3 is 0 Å². The molecule has 2 unspecified atom stereocenters. The van der Waals surface area contributed by atoms with Crippen LogP contribution in [-0.2, 0) is 0 Å². The first-order chi connectivity index (χ1) is 5.44. The van der Waals surface area contributed by atoms with E-state index in [1.807, 2.05) is 0 Å². The molecule has 2 fully saturated rings. The topological polar surface area (TPSA) is 6.25 Å². The van der Waals surface area contributed by atoms with Gasteiger partial charge in [0.1, 0.15) is 0 Å². The molecule has 2 rings (SSSR count). The Morgan fingerprint density at radius 3 is 2.00 bits per heavy atom. The largest absolute Gasteiger partial charge is 0.297 e. The van der Waals surface area contributed by atoms with Crippen molar-refractivity contribution in [1.82, 2.24) is 9.80 Å². The van der Waals surface area contributed by atoms with E-state index in [9.17, 15) is 0 Å². The highest BCUT2D eigenvalue weighted by Gasteiger charge is 2.54. The van der Waals surface area contributed by atoms with Crippen LogP contribution < -0.4 is 0 Å². The van der Waals surface area contributed by atoms with Crippen LogP contribution in [0.1, 0.15) is 27.2 Å². The number of likely N-dealkylation sites (N-methyl/N-ethyl adjacent to an activating group) is 1. The van der Waals surface area contributed by atoms with Gasteiger partial charge in [-0.1, -0.05) is 0 Å². The molecule has 0 bridgehead atoms. The second-order valence-electron chi connectivity index (χ2n) is 5.42. The fraction of sp³-hybridized carbons (Fsp3) is 1.00. The van der Waals surface area contributed by atoms with Crippen LogP contribution in [0.4, 0.5) is 0 Å². The monoisotopic (exact) mass is 168 g/mol. The van der Waals surface area contributed by atoms with Gasteiger partial charge in [-0.2, -0.15) is 0 Å². The highest BCUT2D eigenvalue weighted by molar-refractivity contribution is 5.12. The van der Waals surface area contributed by atoms with E-state index in [1.54, 1.807) is 0 Å².